The molecule has 0 heterocycles. The summed E-state index contributed by atoms with van der Waals surface area (Å²) in [5, 5.41) is 10.7. The third-order valence-electron chi connectivity index (χ3n) is 3.26. The maximum Gasteiger partial charge on any atom is 0.104 e. The highest BCUT2D eigenvalue weighted by Crippen LogP contribution is 2.30. The fourth-order valence-electron chi connectivity index (χ4n) is 2.13. The highest BCUT2D eigenvalue weighted by molar-refractivity contribution is 9.10. The SMILES string of the molecule is CN(C)C/C=C(\c1ccc(Br)cc1)C(O)c1ccccc1. The van der Waals surface area contributed by atoms with Crippen molar-refractivity contribution in [3.05, 3.63) is 76.3 Å². The van der Waals surface area contributed by atoms with Gasteiger partial charge in [0.05, 0.1) is 0 Å². The van der Waals surface area contributed by atoms with Crippen molar-refractivity contribution >= 4 is 21.5 Å². The normalized spacial score (nSPS) is 13.5. The molecule has 2 aromatic carbocycles. The van der Waals surface area contributed by atoms with Crippen molar-refractivity contribution in [2.45, 2.75) is 6.10 Å². The first-order valence-corrected chi connectivity index (χ1v) is 7.71. The lowest BCUT2D eigenvalue weighted by molar-refractivity contribution is 0.237. The molecular weight excluding hydrogens is 326 g/mol. The number of rotatable bonds is 5. The molecule has 1 atom stereocenters. The van der Waals surface area contributed by atoms with Crippen LogP contribution in [0.25, 0.3) is 5.57 Å². The van der Waals surface area contributed by atoms with Crippen LogP contribution in [0.4, 0.5) is 0 Å². The van der Waals surface area contributed by atoms with E-state index in [9.17, 15) is 5.11 Å². The summed E-state index contributed by atoms with van der Waals surface area (Å²) >= 11 is 3.45. The number of hydrogen-bond donors (Lipinski definition) is 1. The molecule has 0 aliphatic rings. The molecule has 21 heavy (non-hydrogen) atoms. The standard InChI is InChI=1S/C18H20BrNO/c1-20(2)13-12-17(14-8-10-16(19)11-9-14)18(21)15-6-4-3-5-7-15/h3-12,18,21H,13H2,1-2H3/b17-12+. The highest BCUT2D eigenvalue weighted by Gasteiger charge is 2.15. The van der Waals surface area contributed by atoms with Gasteiger partial charge in [-0.2, -0.15) is 0 Å². The Morgan fingerprint density at radius 1 is 1.10 bits per heavy atom. The second-order valence-corrected chi connectivity index (χ2v) is 6.16. The molecule has 0 aromatic heterocycles. The fraction of sp³-hybridized carbons (Fsp3) is 0.222. The molecular formula is C18H20BrNO. The first kappa shape index (κ1) is 16.0. The number of halogens is 1. The number of hydrogen-bond acceptors (Lipinski definition) is 2. The Morgan fingerprint density at radius 3 is 2.29 bits per heavy atom. The van der Waals surface area contributed by atoms with Crippen LogP contribution in [0, 0.1) is 0 Å². The lowest BCUT2D eigenvalue weighted by Crippen LogP contribution is -2.12. The molecule has 0 amide bonds. The molecule has 0 bridgehead atoms. The third-order valence-corrected chi connectivity index (χ3v) is 3.79. The minimum Gasteiger partial charge on any atom is -0.384 e. The molecule has 0 radical (unpaired) electrons. The van der Waals surface area contributed by atoms with Crippen molar-refractivity contribution in [2.24, 2.45) is 0 Å². The van der Waals surface area contributed by atoms with E-state index in [1.165, 1.54) is 0 Å². The maximum absolute atomic E-state index is 10.7. The second kappa shape index (κ2) is 7.55. The van der Waals surface area contributed by atoms with Gasteiger partial charge in [-0.15, -0.1) is 0 Å². The van der Waals surface area contributed by atoms with Gasteiger partial charge < -0.3 is 10.0 Å². The summed E-state index contributed by atoms with van der Waals surface area (Å²) < 4.78 is 1.03. The number of nitrogens with zero attached hydrogens (tertiary/aromatic N) is 1. The topological polar surface area (TPSA) is 23.5 Å². The third kappa shape index (κ3) is 4.53. The molecule has 0 fully saturated rings. The van der Waals surface area contributed by atoms with E-state index < -0.39 is 6.10 Å². The minimum atomic E-state index is -0.618. The lowest BCUT2D eigenvalue weighted by Gasteiger charge is -2.17. The number of benzene rings is 2. The lowest BCUT2D eigenvalue weighted by atomic mass is 9.95. The van der Waals surface area contributed by atoms with Crippen molar-refractivity contribution < 1.29 is 5.11 Å². The quantitative estimate of drug-likeness (QED) is 0.880. The smallest absolute Gasteiger partial charge is 0.104 e. The van der Waals surface area contributed by atoms with Gasteiger partial charge in [-0.3, -0.25) is 0 Å². The van der Waals surface area contributed by atoms with Gasteiger partial charge in [0.1, 0.15) is 6.10 Å². The van der Waals surface area contributed by atoms with Crippen molar-refractivity contribution in [3.8, 4) is 0 Å². The van der Waals surface area contributed by atoms with E-state index >= 15 is 0 Å². The zero-order valence-electron chi connectivity index (χ0n) is 12.3. The van der Waals surface area contributed by atoms with Crippen LogP contribution in [-0.4, -0.2) is 30.6 Å². The van der Waals surface area contributed by atoms with E-state index in [0.29, 0.717) is 0 Å². The van der Waals surface area contributed by atoms with Crippen LogP contribution >= 0.6 is 15.9 Å². The minimum absolute atomic E-state index is 0.618. The monoisotopic (exact) mass is 345 g/mol. The van der Waals surface area contributed by atoms with Crippen LogP contribution in [0.3, 0.4) is 0 Å². The molecule has 3 heteroatoms. The molecule has 110 valence electrons. The van der Waals surface area contributed by atoms with Crippen molar-refractivity contribution in [1.29, 1.82) is 0 Å². The summed E-state index contributed by atoms with van der Waals surface area (Å²) in [6, 6.07) is 17.8. The van der Waals surface area contributed by atoms with Crippen molar-refractivity contribution in [3.63, 3.8) is 0 Å². The van der Waals surface area contributed by atoms with E-state index in [1.807, 2.05) is 68.7 Å². The molecule has 1 unspecified atom stereocenters. The Bertz CT molecular complexity index is 590. The van der Waals surface area contributed by atoms with Crippen LogP contribution in [0.5, 0.6) is 0 Å². The first-order valence-electron chi connectivity index (χ1n) is 6.91. The Balaban J connectivity index is 2.36. The fourth-order valence-corrected chi connectivity index (χ4v) is 2.39. The van der Waals surface area contributed by atoms with E-state index in [1.54, 1.807) is 0 Å². The van der Waals surface area contributed by atoms with Crippen molar-refractivity contribution in [2.75, 3.05) is 20.6 Å². The second-order valence-electron chi connectivity index (χ2n) is 5.24. The van der Waals surface area contributed by atoms with Crippen LogP contribution in [0.2, 0.25) is 0 Å². The van der Waals surface area contributed by atoms with Gasteiger partial charge in [-0.25, -0.2) is 0 Å². The Labute approximate surface area is 134 Å². The van der Waals surface area contributed by atoms with Crippen LogP contribution in [0.1, 0.15) is 17.2 Å². The number of aliphatic hydroxyl groups excluding tert-OH is 1. The Morgan fingerprint density at radius 2 is 1.71 bits per heavy atom. The molecule has 0 aliphatic heterocycles. The maximum atomic E-state index is 10.7. The zero-order valence-corrected chi connectivity index (χ0v) is 13.9. The average molecular weight is 346 g/mol. The molecule has 2 nitrogen and oxygen atoms in total. The molecule has 0 aliphatic carbocycles. The van der Waals surface area contributed by atoms with Crippen LogP contribution < -0.4 is 0 Å². The van der Waals surface area contributed by atoms with Gasteiger partial charge >= 0.3 is 0 Å². The predicted octanol–water partition coefficient (Wildman–Crippen LogP) is 4.13. The Hall–Kier alpha value is -1.42. The number of aliphatic hydroxyl groups is 1. The van der Waals surface area contributed by atoms with Crippen LogP contribution in [0.15, 0.2) is 65.1 Å². The molecule has 2 rings (SSSR count). The van der Waals surface area contributed by atoms with Gasteiger partial charge in [0.2, 0.25) is 0 Å². The van der Waals surface area contributed by atoms with E-state index in [4.69, 9.17) is 0 Å². The van der Waals surface area contributed by atoms with E-state index in [-0.39, 0.29) is 0 Å². The summed E-state index contributed by atoms with van der Waals surface area (Å²) in [6.45, 7) is 0.787. The van der Waals surface area contributed by atoms with Gasteiger partial charge in [0, 0.05) is 11.0 Å². The molecule has 2 aromatic rings. The highest BCUT2D eigenvalue weighted by atomic mass is 79.9. The molecule has 1 N–H and O–H groups in total. The summed E-state index contributed by atoms with van der Waals surface area (Å²) in [6.07, 6.45) is 1.47. The summed E-state index contributed by atoms with van der Waals surface area (Å²) in [5.74, 6) is 0. The average Bonchev–Trinajstić information content (AvgIpc) is 2.49. The summed E-state index contributed by atoms with van der Waals surface area (Å²) in [4.78, 5) is 2.08. The van der Waals surface area contributed by atoms with Gasteiger partial charge in [-0.1, -0.05) is 64.5 Å². The van der Waals surface area contributed by atoms with Crippen molar-refractivity contribution in [1.82, 2.24) is 4.90 Å². The predicted molar refractivity (Wildman–Crippen MR) is 92.1 cm³/mol. The van der Waals surface area contributed by atoms with Gasteiger partial charge in [-0.05, 0) is 42.9 Å². The zero-order chi connectivity index (χ0) is 15.2. The van der Waals surface area contributed by atoms with Gasteiger partial charge in [0.25, 0.3) is 0 Å². The van der Waals surface area contributed by atoms with Crippen LogP contribution in [-0.2, 0) is 0 Å². The largest absolute Gasteiger partial charge is 0.384 e. The van der Waals surface area contributed by atoms with E-state index in [2.05, 4.69) is 26.9 Å². The number of likely N-dealkylation sites (N-methyl/N-ethyl adjacent to an activating group) is 1. The van der Waals surface area contributed by atoms with E-state index in [0.717, 1.165) is 27.7 Å². The summed E-state index contributed by atoms with van der Waals surface area (Å²) in [7, 11) is 4.04. The first-order chi connectivity index (χ1) is 10.1. The summed E-state index contributed by atoms with van der Waals surface area (Å²) in [5.41, 5.74) is 2.88. The molecule has 0 saturated carbocycles. The molecule has 0 saturated heterocycles. The molecule has 0 spiro atoms. The van der Waals surface area contributed by atoms with Gasteiger partial charge in [0.15, 0.2) is 0 Å². The Kier molecular flexibility index (Phi) is 5.74.